The molecule has 0 aliphatic rings. The molecule has 0 unspecified atom stereocenters. The molecule has 0 amide bonds. The van der Waals surface area contributed by atoms with Gasteiger partial charge in [-0.15, -0.1) is 0 Å². The van der Waals surface area contributed by atoms with E-state index in [9.17, 15) is 0 Å². The monoisotopic (exact) mass is 226 g/mol. The number of nitrogens with two attached hydrogens (primary N) is 1. The van der Waals surface area contributed by atoms with Crippen molar-refractivity contribution in [1.82, 2.24) is 0 Å². The minimum atomic E-state index is -0.0725. The molecule has 16 heavy (non-hydrogen) atoms. The molecule has 0 heterocycles. The summed E-state index contributed by atoms with van der Waals surface area (Å²) in [5.74, 6) is 0.914. The normalized spacial score (nSPS) is 11.2. The zero-order valence-corrected chi connectivity index (χ0v) is 8.88. The van der Waals surface area contributed by atoms with Crippen LogP contribution in [0.25, 0.3) is 0 Å². The number of amidine groups is 1. The highest BCUT2D eigenvalue weighted by Gasteiger charge is 2.06. The Morgan fingerprint density at radius 1 is 1.44 bits per heavy atom. The van der Waals surface area contributed by atoms with E-state index in [0.717, 1.165) is 0 Å². The van der Waals surface area contributed by atoms with Gasteiger partial charge in [0.2, 0.25) is 0 Å². The molecule has 0 saturated carbocycles. The Morgan fingerprint density at radius 2 is 2.19 bits per heavy atom. The first-order chi connectivity index (χ1) is 7.71. The van der Waals surface area contributed by atoms with Gasteiger partial charge in [0.05, 0.1) is 13.7 Å². The second-order valence-corrected chi connectivity index (χ2v) is 3.02. The lowest BCUT2D eigenvalue weighted by atomic mass is 10.2. The number of aliphatic hydroxyl groups excluding tert-OH is 1. The first kappa shape index (κ1) is 12.1. The van der Waals surface area contributed by atoms with Gasteiger partial charge < -0.3 is 25.5 Å². The number of benzene rings is 1. The van der Waals surface area contributed by atoms with E-state index in [0.29, 0.717) is 17.1 Å². The van der Waals surface area contributed by atoms with Crippen molar-refractivity contribution < 1.29 is 19.8 Å². The molecule has 0 spiro atoms. The number of hydrogen-bond acceptors (Lipinski definition) is 5. The van der Waals surface area contributed by atoms with Crippen molar-refractivity contribution in [3.63, 3.8) is 0 Å². The fraction of sp³-hybridized carbons (Fsp3) is 0.300. The summed E-state index contributed by atoms with van der Waals surface area (Å²) >= 11 is 0. The predicted molar refractivity (Wildman–Crippen MR) is 57.8 cm³/mol. The molecule has 6 heteroatoms. The molecule has 0 bridgehead atoms. The first-order valence-electron chi connectivity index (χ1n) is 4.58. The van der Waals surface area contributed by atoms with Crippen LogP contribution in [-0.2, 0) is 6.61 Å². The fourth-order valence-corrected chi connectivity index (χ4v) is 1.11. The molecule has 0 aromatic heterocycles. The van der Waals surface area contributed by atoms with Crippen molar-refractivity contribution in [2.24, 2.45) is 10.9 Å². The van der Waals surface area contributed by atoms with Gasteiger partial charge >= 0.3 is 0 Å². The van der Waals surface area contributed by atoms with Crippen LogP contribution < -0.4 is 15.2 Å². The van der Waals surface area contributed by atoms with Gasteiger partial charge in [-0.05, 0) is 17.7 Å². The summed E-state index contributed by atoms with van der Waals surface area (Å²) in [6, 6.07) is 5.00. The summed E-state index contributed by atoms with van der Waals surface area (Å²) in [4.78, 5) is 0. The van der Waals surface area contributed by atoms with E-state index < -0.39 is 0 Å². The lowest BCUT2D eigenvalue weighted by Crippen LogP contribution is -2.21. The Morgan fingerprint density at radius 3 is 2.75 bits per heavy atom. The summed E-state index contributed by atoms with van der Waals surface area (Å²) in [7, 11) is 1.49. The maximum Gasteiger partial charge on any atom is 0.177 e. The van der Waals surface area contributed by atoms with Crippen LogP contribution in [0.5, 0.6) is 11.5 Å². The summed E-state index contributed by atoms with van der Waals surface area (Å²) in [5.41, 5.74) is 5.98. The quantitative estimate of drug-likeness (QED) is 0.290. The fourth-order valence-electron chi connectivity index (χ4n) is 1.11. The molecule has 1 rings (SSSR count). The molecular formula is C10H14N2O4. The molecule has 1 aromatic carbocycles. The van der Waals surface area contributed by atoms with Gasteiger partial charge in [0, 0.05) is 0 Å². The molecule has 0 saturated heterocycles. The summed E-state index contributed by atoms with van der Waals surface area (Å²) in [6.45, 7) is -0.109. The Kier molecular flexibility index (Phi) is 4.41. The number of aliphatic hydroxyl groups is 1. The number of hydrogen-bond donors (Lipinski definition) is 3. The highest BCUT2D eigenvalue weighted by molar-refractivity contribution is 5.81. The number of ether oxygens (including phenoxy) is 2. The van der Waals surface area contributed by atoms with E-state index in [-0.39, 0.29) is 19.0 Å². The van der Waals surface area contributed by atoms with Gasteiger partial charge in [-0.1, -0.05) is 11.2 Å². The van der Waals surface area contributed by atoms with E-state index in [1.54, 1.807) is 18.2 Å². The third-order valence-electron chi connectivity index (χ3n) is 1.91. The van der Waals surface area contributed by atoms with Gasteiger partial charge in [-0.3, -0.25) is 0 Å². The largest absolute Gasteiger partial charge is 0.493 e. The molecule has 0 atom stereocenters. The lowest BCUT2D eigenvalue weighted by Gasteiger charge is -2.10. The van der Waals surface area contributed by atoms with Crippen molar-refractivity contribution in [1.29, 1.82) is 0 Å². The van der Waals surface area contributed by atoms with Crippen LogP contribution in [0, 0.1) is 0 Å². The molecule has 0 aliphatic heterocycles. The van der Waals surface area contributed by atoms with Crippen molar-refractivity contribution >= 4 is 5.84 Å². The van der Waals surface area contributed by atoms with Gasteiger partial charge in [0.1, 0.15) is 6.61 Å². The molecule has 0 radical (unpaired) electrons. The van der Waals surface area contributed by atoms with Crippen LogP contribution in [0.3, 0.4) is 0 Å². The predicted octanol–water partition coefficient (Wildman–Crippen LogP) is 0.313. The zero-order valence-electron chi connectivity index (χ0n) is 8.88. The SMILES string of the molecule is COc1cc(CO)ccc1OC/C(N)=N/O. The van der Waals surface area contributed by atoms with Crippen LogP contribution in [0.15, 0.2) is 23.4 Å². The zero-order chi connectivity index (χ0) is 12.0. The molecule has 1 aromatic rings. The molecule has 88 valence electrons. The number of methoxy groups -OCH3 is 1. The van der Waals surface area contributed by atoms with Gasteiger partial charge in [-0.2, -0.15) is 0 Å². The third kappa shape index (κ3) is 3.03. The third-order valence-corrected chi connectivity index (χ3v) is 1.91. The Bertz CT molecular complexity index is 379. The van der Waals surface area contributed by atoms with E-state index in [1.807, 2.05) is 0 Å². The van der Waals surface area contributed by atoms with E-state index in [2.05, 4.69) is 5.16 Å². The summed E-state index contributed by atoms with van der Waals surface area (Å²) in [6.07, 6.45) is 0. The van der Waals surface area contributed by atoms with Gasteiger partial charge in [0.25, 0.3) is 0 Å². The van der Waals surface area contributed by atoms with Crippen LogP contribution in [-0.4, -0.2) is 29.9 Å². The molecule has 0 fully saturated rings. The van der Waals surface area contributed by atoms with E-state index in [1.165, 1.54) is 7.11 Å². The van der Waals surface area contributed by atoms with Gasteiger partial charge in [0.15, 0.2) is 17.3 Å². The average Bonchev–Trinajstić information content (AvgIpc) is 2.35. The maximum atomic E-state index is 8.94. The van der Waals surface area contributed by atoms with E-state index >= 15 is 0 Å². The number of oxime groups is 1. The smallest absolute Gasteiger partial charge is 0.177 e. The van der Waals surface area contributed by atoms with Crippen LogP contribution in [0.1, 0.15) is 5.56 Å². The van der Waals surface area contributed by atoms with Crippen LogP contribution in [0.2, 0.25) is 0 Å². The van der Waals surface area contributed by atoms with E-state index in [4.69, 9.17) is 25.5 Å². The van der Waals surface area contributed by atoms with Crippen molar-refractivity contribution in [2.45, 2.75) is 6.61 Å². The number of nitrogens with zero attached hydrogens (tertiary/aromatic N) is 1. The lowest BCUT2D eigenvalue weighted by molar-refractivity contribution is 0.279. The first-order valence-corrected chi connectivity index (χ1v) is 4.58. The molecule has 6 nitrogen and oxygen atoms in total. The van der Waals surface area contributed by atoms with Crippen LogP contribution >= 0.6 is 0 Å². The minimum Gasteiger partial charge on any atom is -0.493 e. The Balaban J connectivity index is 2.79. The molecule has 4 N–H and O–H groups in total. The number of rotatable bonds is 5. The second kappa shape index (κ2) is 5.82. The Hall–Kier alpha value is -1.95. The van der Waals surface area contributed by atoms with Crippen LogP contribution in [0.4, 0.5) is 0 Å². The maximum absolute atomic E-state index is 8.94. The second-order valence-electron chi connectivity index (χ2n) is 3.02. The topological polar surface area (TPSA) is 97.3 Å². The summed E-state index contributed by atoms with van der Waals surface area (Å²) < 4.78 is 10.3. The average molecular weight is 226 g/mol. The van der Waals surface area contributed by atoms with Crippen molar-refractivity contribution in [2.75, 3.05) is 13.7 Å². The Labute approximate surface area is 92.9 Å². The van der Waals surface area contributed by atoms with Gasteiger partial charge in [-0.25, -0.2) is 0 Å². The highest BCUT2D eigenvalue weighted by atomic mass is 16.5. The molecular weight excluding hydrogens is 212 g/mol. The summed E-state index contributed by atoms with van der Waals surface area (Å²) in [5, 5.41) is 20.1. The van der Waals surface area contributed by atoms with Crippen molar-refractivity contribution in [3.05, 3.63) is 23.8 Å². The molecule has 0 aliphatic carbocycles. The highest BCUT2D eigenvalue weighted by Crippen LogP contribution is 2.27. The standard InChI is InChI=1S/C10H14N2O4/c1-15-9-4-7(5-13)2-3-8(9)16-6-10(11)12-14/h2-4,13-14H,5-6H2,1H3,(H2,11,12). The van der Waals surface area contributed by atoms with Crippen molar-refractivity contribution in [3.8, 4) is 11.5 Å². The minimum absolute atomic E-state index is 0.0340.